The Labute approximate surface area is 151 Å². The molecule has 0 spiro atoms. The molecule has 7 heteroatoms. The lowest BCUT2D eigenvalue weighted by molar-refractivity contribution is 0.0531. The van der Waals surface area contributed by atoms with Crippen molar-refractivity contribution >= 4 is 44.9 Å². The number of halogens is 1. The number of ether oxygens (including phenoxy) is 1. The quantitative estimate of drug-likeness (QED) is 0.586. The lowest BCUT2D eigenvalue weighted by Gasteiger charge is -2.40. The first-order chi connectivity index (χ1) is 11.4. The molecule has 3 rings (SSSR count). The van der Waals surface area contributed by atoms with Gasteiger partial charge in [-0.15, -0.1) is 11.3 Å². The number of hydrogen-bond acceptors (Lipinski definition) is 6. The summed E-state index contributed by atoms with van der Waals surface area (Å²) >= 11 is 7.51. The number of carbonyl (C=O) groups is 1. The summed E-state index contributed by atoms with van der Waals surface area (Å²) in [5.41, 5.74) is 0.880. The van der Waals surface area contributed by atoms with Crippen LogP contribution in [0.1, 0.15) is 55.3 Å². The summed E-state index contributed by atoms with van der Waals surface area (Å²) in [6.45, 7) is 8.52. The Balaban J connectivity index is 2.19. The first-order valence-corrected chi connectivity index (χ1v) is 9.55. The number of rotatable bonds is 3. The number of fused-ring (bicyclic) bond motifs is 1. The van der Waals surface area contributed by atoms with Crippen molar-refractivity contribution in [1.29, 1.82) is 0 Å². The Morgan fingerprint density at radius 1 is 1.33 bits per heavy atom. The fraction of sp³-hybridized carbons (Fsp3) is 0.588. The molecule has 130 valence electrons. The van der Waals surface area contributed by atoms with Gasteiger partial charge >= 0.3 is 5.97 Å². The molecule has 0 aliphatic carbocycles. The Kier molecular flexibility index (Phi) is 4.97. The number of nitrogens with zero attached hydrogens (tertiary/aromatic N) is 3. The number of thiophene rings is 1. The number of piperidine rings is 1. The van der Waals surface area contributed by atoms with Crippen LogP contribution in [0.5, 0.6) is 0 Å². The molecule has 0 amide bonds. The third kappa shape index (κ3) is 2.97. The monoisotopic (exact) mass is 367 g/mol. The summed E-state index contributed by atoms with van der Waals surface area (Å²) in [5, 5.41) is 1.15. The lowest BCUT2D eigenvalue weighted by atomic mass is 9.97. The van der Waals surface area contributed by atoms with Crippen molar-refractivity contribution in [2.75, 3.05) is 11.5 Å². The van der Waals surface area contributed by atoms with Gasteiger partial charge in [0.2, 0.25) is 5.28 Å². The van der Waals surface area contributed by atoms with Gasteiger partial charge in [0.05, 0.1) is 12.0 Å². The Bertz CT molecular complexity index is 767. The minimum Gasteiger partial charge on any atom is -0.462 e. The van der Waals surface area contributed by atoms with E-state index in [1.54, 1.807) is 6.92 Å². The summed E-state index contributed by atoms with van der Waals surface area (Å²) in [5.74, 6) is 0.536. The van der Waals surface area contributed by atoms with E-state index in [0.29, 0.717) is 23.6 Å². The smallest absolute Gasteiger partial charge is 0.348 e. The zero-order chi connectivity index (χ0) is 17.4. The largest absolute Gasteiger partial charge is 0.462 e. The highest BCUT2D eigenvalue weighted by Crippen LogP contribution is 2.39. The highest BCUT2D eigenvalue weighted by Gasteiger charge is 2.30. The van der Waals surface area contributed by atoms with E-state index in [4.69, 9.17) is 16.3 Å². The maximum atomic E-state index is 12.2. The second-order valence-electron chi connectivity index (χ2n) is 6.31. The van der Waals surface area contributed by atoms with Gasteiger partial charge in [0.1, 0.15) is 15.5 Å². The van der Waals surface area contributed by atoms with Gasteiger partial charge in [0, 0.05) is 12.1 Å². The molecule has 1 aliphatic rings. The molecule has 3 heterocycles. The van der Waals surface area contributed by atoms with Gasteiger partial charge < -0.3 is 9.64 Å². The van der Waals surface area contributed by atoms with Crippen LogP contribution < -0.4 is 4.90 Å². The first-order valence-electron chi connectivity index (χ1n) is 8.36. The van der Waals surface area contributed by atoms with Gasteiger partial charge in [-0.1, -0.05) is 0 Å². The van der Waals surface area contributed by atoms with Crippen LogP contribution >= 0.6 is 22.9 Å². The van der Waals surface area contributed by atoms with E-state index in [1.165, 1.54) is 17.8 Å². The maximum absolute atomic E-state index is 12.2. The minimum atomic E-state index is -0.306. The van der Waals surface area contributed by atoms with Gasteiger partial charge in [-0.3, -0.25) is 0 Å². The van der Waals surface area contributed by atoms with Crippen LogP contribution in [-0.4, -0.2) is 34.6 Å². The molecule has 0 N–H and O–H groups in total. The van der Waals surface area contributed by atoms with Gasteiger partial charge in [0.15, 0.2) is 0 Å². The van der Waals surface area contributed by atoms with E-state index in [-0.39, 0.29) is 11.3 Å². The lowest BCUT2D eigenvalue weighted by Crippen LogP contribution is -2.44. The minimum absolute atomic E-state index is 0.221. The van der Waals surface area contributed by atoms with Gasteiger partial charge in [-0.25, -0.2) is 9.78 Å². The van der Waals surface area contributed by atoms with E-state index < -0.39 is 0 Å². The summed E-state index contributed by atoms with van der Waals surface area (Å²) < 4.78 is 5.17. The molecule has 0 bridgehead atoms. The molecular weight excluding hydrogens is 346 g/mol. The molecule has 0 radical (unpaired) electrons. The Morgan fingerprint density at radius 2 is 2.00 bits per heavy atom. The zero-order valence-corrected chi connectivity index (χ0v) is 16.0. The molecule has 1 aliphatic heterocycles. The molecule has 1 fully saturated rings. The number of aryl methyl sites for hydroxylation is 1. The van der Waals surface area contributed by atoms with Crippen LogP contribution in [0.4, 0.5) is 5.82 Å². The summed E-state index contributed by atoms with van der Waals surface area (Å²) in [4.78, 5) is 24.8. The molecule has 2 atom stereocenters. The van der Waals surface area contributed by atoms with Crippen LogP contribution in [0.3, 0.4) is 0 Å². The van der Waals surface area contributed by atoms with Crippen molar-refractivity contribution in [3.8, 4) is 0 Å². The zero-order valence-electron chi connectivity index (χ0n) is 14.4. The van der Waals surface area contributed by atoms with Crippen molar-refractivity contribution in [2.24, 2.45) is 0 Å². The van der Waals surface area contributed by atoms with Crippen molar-refractivity contribution in [3.63, 3.8) is 0 Å². The molecule has 2 aromatic rings. The second kappa shape index (κ2) is 6.84. The van der Waals surface area contributed by atoms with Crippen LogP contribution in [0, 0.1) is 6.92 Å². The number of hydrogen-bond donors (Lipinski definition) is 0. The molecule has 1 saturated heterocycles. The topological polar surface area (TPSA) is 55.3 Å². The molecule has 0 aromatic carbocycles. The number of esters is 1. The van der Waals surface area contributed by atoms with Crippen LogP contribution in [-0.2, 0) is 4.74 Å². The van der Waals surface area contributed by atoms with Gasteiger partial charge in [-0.2, -0.15) is 4.98 Å². The SMILES string of the molecule is CCOC(=O)c1sc2nc(Cl)nc(N3C(C)CCCC3C)c2c1C. The van der Waals surface area contributed by atoms with E-state index in [0.717, 1.165) is 34.4 Å². The van der Waals surface area contributed by atoms with Crippen molar-refractivity contribution < 1.29 is 9.53 Å². The standard InChI is InChI=1S/C17H22ClN3O2S/c1-5-23-16(22)13-11(4)12-14(19-17(18)20-15(12)24-13)21-9(2)7-6-8-10(21)3/h9-10H,5-8H2,1-4H3. The third-order valence-electron chi connectivity index (χ3n) is 4.64. The van der Waals surface area contributed by atoms with Crippen molar-refractivity contribution in [3.05, 3.63) is 15.7 Å². The van der Waals surface area contributed by atoms with Crippen molar-refractivity contribution in [2.45, 2.75) is 59.0 Å². The number of anilines is 1. The fourth-order valence-corrected chi connectivity index (χ4v) is 4.79. The molecular formula is C17H22ClN3O2S. The van der Waals surface area contributed by atoms with E-state index in [9.17, 15) is 4.79 Å². The molecule has 24 heavy (non-hydrogen) atoms. The number of carbonyl (C=O) groups excluding carboxylic acids is 1. The van der Waals surface area contributed by atoms with Crippen LogP contribution in [0.25, 0.3) is 10.2 Å². The third-order valence-corrected chi connectivity index (χ3v) is 5.98. The summed E-state index contributed by atoms with van der Waals surface area (Å²) in [7, 11) is 0. The van der Waals surface area contributed by atoms with E-state index in [1.807, 2.05) is 6.92 Å². The molecule has 5 nitrogen and oxygen atoms in total. The molecule has 0 saturated carbocycles. The summed E-state index contributed by atoms with van der Waals surface area (Å²) in [6.07, 6.45) is 3.47. The Hall–Kier alpha value is -1.40. The predicted molar refractivity (Wildman–Crippen MR) is 98.4 cm³/mol. The fourth-order valence-electron chi connectivity index (χ4n) is 3.51. The number of aromatic nitrogens is 2. The molecule has 2 unspecified atom stereocenters. The van der Waals surface area contributed by atoms with Gasteiger partial charge in [-0.05, 0) is 64.1 Å². The second-order valence-corrected chi connectivity index (χ2v) is 7.65. The van der Waals surface area contributed by atoms with Crippen molar-refractivity contribution in [1.82, 2.24) is 9.97 Å². The highest BCUT2D eigenvalue weighted by atomic mass is 35.5. The first kappa shape index (κ1) is 17.4. The van der Waals surface area contributed by atoms with Crippen LogP contribution in [0.2, 0.25) is 5.28 Å². The summed E-state index contributed by atoms with van der Waals surface area (Å²) in [6, 6.07) is 0.765. The Morgan fingerprint density at radius 3 is 2.62 bits per heavy atom. The average Bonchev–Trinajstić information content (AvgIpc) is 2.84. The predicted octanol–water partition coefficient (Wildman–Crippen LogP) is 4.60. The molecule has 2 aromatic heterocycles. The highest BCUT2D eigenvalue weighted by molar-refractivity contribution is 7.20. The average molecular weight is 368 g/mol. The van der Waals surface area contributed by atoms with E-state index >= 15 is 0 Å². The van der Waals surface area contributed by atoms with E-state index in [2.05, 4.69) is 28.7 Å². The van der Waals surface area contributed by atoms with Gasteiger partial charge in [0.25, 0.3) is 0 Å². The maximum Gasteiger partial charge on any atom is 0.348 e. The normalized spacial score (nSPS) is 21.3. The van der Waals surface area contributed by atoms with Crippen LogP contribution in [0.15, 0.2) is 0 Å².